The van der Waals surface area contributed by atoms with E-state index >= 15 is 0 Å². The summed E-state index contributed by atoms with van der Waals surface area (Å²) in [6.07, 6.45) is 1.81. The molecule has 0 bridgehead atoms. The lowest BCUT2D eigenvalue weighted by Crippen LogP contribution is -2.08. The summed E-state index contributed by atoms with van der Waals surface area (Å²) in [6.45, 7) is 0. The van der Waals surface area contributed by atoms with Gasteiger partial charge in [-0.15, -0.1) is 0 Å². The molecular formula is C15H18N2O2. The number of nitrogens with zero attached hydrogens (tertiary/aromatic N) is 2. The second-order valence-corrected chi connectivity index (χ2v) is 4.36. The molecule has 2 rings (SSSR count). The highest BCUT2D eigenvalue weighted by Gasteiger charge is 2.08. The van der Waals surface area contributed by atoms with Crippen LogP contribution in [0.2, 0.25) is 0 Å². The van der Waals surface area contributed by atoms with Crippen LogP contribution < -0.4 is 14.4 Å². The quantitative estimate of drug-likeness (QED) is 0.844. The van der Waals surface area contributed by atoms with Crippen LogP contribution in [0.15, 0.2) is 36.5 Å². The standard InChI is InChI=1S/C15H18N2O2/c1-17(2)12-7-8-16-13(10-12)11-5-6-14(18-3)15(9-11)19-4/h5-10H,1-4H3. The Labute approximate surface area is 113 Å². The number of methoxy groups -OCH3 is 2. The summed E-state index contributed by atoms with van der Waals surface area (Å²) in [5, 5.41) is 0. The Morgan fingerprint density at radius 2 is 1.68 bits per heavy atom. The molecule has 2 aromatic rings. The smallest absolute Gasteiger partial charge is 0.161 e. The number of hydrogen-bond acceptors (Lipinski definition) is 4. The SMILES string of the molecule is COc1ccc(-c2cc(N(C)C)ccn2)cc1OC. The molecule has 0 atom stereocenters. The molecule has 0 fully saturated rings. The molecule has 0 aliphatic heterocycles. The molecule has 0 spiro atoms. The number of anilines is 1. The molecule has 0 N–H and O–H groups in total. The Hall–Kier alpha value is -2.23. The maximum atomic E-state index is 5.31. The van der Waals surface area contributed by atoms with E-state index in [1.165, 1.54) is 0 Å². The first kappa shape index (κ1) is 13.2. The van der Waals surface area contributed by atoms with E-state index in [-0.39, 0.29) is 0 Å². The number of aromatic nitrogens is 1. The van der Waals surface area contributed by atoms with Gasteiger partial charge in [0.15, 0.2) is 11.5 Å². The number of benzene rings is 1. The van der Waals surface area contributed by atoms with Crippen LogP contribution in [0.3, 0.4) is 0 Å². The van der Waals surface area contributed by atoms with Crippen molar-refractivity contribution in [3.05, 3.63) is 36.5 Å². The van der Waals surface area contributed by atoms with Gasteiger partial charge in [0.05, 0.1) is 19.9 Å². The summed E-state index contributed by atoms with van der Waals surface area (Å²) in [4.78, 5) is 6.45. The van der Waals surface area contributed by atoms with Gasteiger partial charge in [-0.2, -0.15) is 0 Å². The third-order valence-corrected chi connectivity index (χ3v) is 2.94. The molecule has 0 aliphatic carbocycles. The second-order valence-electron chi connectivity index (χ2n) is 4.36. The average molecular weight is 258 g/mol. The second kappa shape index (κ2) is 5.61. The third kappa shape index (κ3) is 2.78. The van der Waals surface area contributed by atoms with Gasteiger partial charge in [-0.05, 0) is 30.3 Å². The lowest BCUT2D eigenvalue weighted by Gasteiger charge is -2.14. The van der Waals surface area contributed by atoms with E-state index in [9.17, 15) is 0 Å². The molecule has 1 aromatic carbocycles. The maximum absolute atomic E-state index is 5.31. The summed E-state index contributed by atoms with van der Waals surface area (Å²) < 4.78 is 10.5. The largest absolute Gasteiger partial charge is 0.493 e. The first-order valence-corrected chi connectivity index (χ1v) is 6.01. The van der Waals surface area contributed by atoms with Gasteiger partial charge in [-0.25, -0.2) is 0 Å². The van der Waals surface area contributed by atoms with Crippen molar-refractivity contribution in [3.63, 3.8) is 0 Å². The Morgan fingerprint density at radius 1 is 0.947 bits per heavy atom. The fourth-order valence-electron chi connectivity index (χ4n) is 1.85. The normalized spacial score (nSPS) is 10.1. The molecule has 0 aliphatic rings. The van der Waals surface area contributed by atoms with Gasteiger partial charge in [-0.3, -0.25) is 4.98 Å². The highest BCUT2D eigenvalue weighted by atomic mass is 16.5. The Bertz CT molecular complexity index is 568. The van der Waals surface area contributed by atoms with Gasteiger partial charge in [0.1, 0.15) is 0 Å². The van der Waals surface area contributed by atoms with E-state index in [4.69, 9.17) is 9.47 Å². The van der Waals surface area contributed by atoms with Crippen molar-refractivity contribution in [2.24, 2.45) is 0 Å². The van der Waals surface area contributed by atoms with Gasteiger partial charge < -0.3 is 14.4 Å². The highest BCUT2D eigenvalue weighted by Crippen LogP contribution is 2.32. The van der Waals surface area contributed by atoms with Crippen molar-refractivity contribution in [1.82, 2.24) is 4.98 Å². The molecule has 1 heterocycles. The predicted molar refractivity (Wildman–Crippen MR) is 77.1 cm³/mol. The Morgan fingerprint density at radius 3 is 2.32 bits per heavy atom. The van der Waals surface area contributed by atoms with Crippen molar-refractivity contribution in [1.29, 1.82) is 0 Å². The van der Waals surface area contributed by atoms with Crippen LogP contribution in [-0.4, -0.2) is 33.3 Å². The van der Waals surface area contributed by atoms with E-state index < -0.39 is 0 Å². The van der Waals surface area contributed by atoms with Crippen LogP contribution in [-0.2, 0) is 0 Å². The zero-order valence-electron chi connectivity index (χ0n) is 11.7. The van der Waals surface area contributed by atoms with Gasteiger partial charge in [-0.1, -0.05) is 0 Å². The van der Waals surface area contributed by atoms with Gasteiger partial charge in [0.2, 0.25) is 0 Å². The first-order chi connectivity index (χ1) is 9.15. The summed E-state index contributed by atoms with van der Waals surface area (Å²) in [6, 6.07) is 9.81. The lowest BCUT2D eigenvalue weighted by atomic mass is 10.1. The van der Waals surface area contributed by atoms with Crippen LogP contribution >= 0.6 is 0 Å². The zero-order chi connectivity index (χ0) is 13.8. The molecule has 100 valence electrons. The van der Waals surface area contributed by atoms with Crippen molar-refractivity contribution in [2.75, 3.05) is 33.2 Å². The third-order valence-electron chi connectivity index (χ3n) is 2.94. The van der Waals surface area contributed by atoms with Crippen LogP contribution in [0.5, 0.6) is 11.5 Å². The van der Waals surface area contributed by atoms with Crippen molar-refractivity contribution >= 4 is 5.69 Å². The van der Waals surface area contributed by atoms with E-state index in [1.54, 1.807) is 20.4 Å². The molecule has 0 amide bonds. The molecule has 19 heavy (non-hydrogen) atoms. The molecule has 1 aromatic heterocycles. The number of rotatable bonds is 4. The summed E-state index contributed by atoms with van der Waals surface area (Å²) in [5.74, 6) is 1.42. The molecule has 0 radical (unpaired) electrons. The summed E-state index contributed by atoms with van der Waals surface area (Å²) >= 11 is 0. The molecule has 0 unspecified atom stereocenters. The minimum absolute atomic E-state index is 0.706. The van der Waals surface area contributed by atoms with E-state index in [1.807, 2.05) is 49.3 Å². The molecule has 0 saturated heterocycles. The Balaban J connectivity index is 2.44. The van der Waals surface area contributed by atoms with Crippen molar-refractivity contribution < 1.29 is 9.47 Å². The fraction of sp³-hybridized carbons (Fsp3) is 0.267. The fourth-order valence-corrected chi connectivity index (χ4v) is 1.85. The zero-order valence-corrected chi connectivity index (χ0v) is 11.7. The van der Waals surface area contributed by atoms with E-state index in [0.29, 0.717) is 5.75 Å². The number of hydrogen-bond donors (Lipinski definition) is 0. The Kier molecular flexibility index (Phi) is 3.90. The topological polar surface area (TPSA) is 34.6 Å². The predicted octanol–water partition coefficient (Wildman–Crippen LogP) is 2.83. The number of ether oxygens (including phenoxy) is 2. The first-order valence-electron chi connectivity index (χ1n) is 6.01. The molecular weight excluding hydrogens is 240 g/mol. The van der Waals surface area contributed by atoms with Crippen LogP contribution in [0.25, 0.3) is 11.3 Å². The lowest BCUT2D eigenvalue weighted by molar-refractivity contribution is 0.355. The maximum Gasteiger partial charge on any atom is 0.161 e. The van der Waals surface area contributed by atoms with Crippen LogP contribution in [0, 0.1) is 0 Å². The van der Waals surface area contributed by atoms with Crippen molar-refractivity contribution in [3.8, 4) is 22.8 Å². The molecule has 4 heteroatoms. The van der Waals surface area contributed by atoms with Gasteiger partial charge >= 0.3 is 0 Å². The van der Waals surface area contributed by atoms with Crippen molar-refractivity contribution in [2.45, 2.75) is 0 Å². The average Bonchev–Trinajstić information content (AvgIpc) is 2.46. The number of pyridine rings is 1. The van der Waals surface area contributed by atoms with E-state index in [0.717, 1.165) is 22.7 Å². The van der Waals surface area contributed by atoms with E-state index in [2.05, 4.69) is 4.98 Å². The van der Waals surface area contributed by atoms with Crippen LogP contribution in [0.1, 0.15) is 0 Å². The molecule has 0 saturated carbocycles. The minimum Gasteiger partial charge on any atom is -0.493 e. The monoisotopic (exact) mass is 258 g/mol. The summed E-state index contributed by atoms with van der Waals surface area (Å²) in [7, 11) is 7.27. The minimum atomic E-state index is 0.706. The summed E-state index contributed by atoms with van der Waals surface area (Å²) in [5.41, 5.74) is 3.02. The highest BCUT2D eigenvalue weighted by molar-refractivity contribution is 5.67. The van der Waals surface area contributed by atoms with Crippen LogP contribution in [0.4, 0.5) is 5.69 Å². The molecule has 4 nitrogen and oxygen atoms in total. The van der Waals surface area contributed by atoms with Gasteiger partial charge in [0, 0.05) is 31.5 Å². The van der Waals surface area contributed by atoms with Gasteiger partial charge in [0.25, 0.3) is 0 Å².